The van der Waals surface area contributed by atoms with Crippen LogP contribution in [0, 0.1) is 0 Å². The Labute approximate surface area is 155 Å². The van der Waals surface area contributed by atoms with E-state index in [0.717, 1.165) is 0 Å². The number of imidazole rings is 1. The van der Waals surface area contributed by atoms with E-state index in [2.05, 4.69) is 25.3 Å². The van der Waals surface area contributed by atoms with E-state index in [1.54, 1.807) is 12.1 Å². The summed E-state index contributed by atoms with van der Waals surface area (Å²) in [7, 11) is 0. The summed E-state index contributed by atoms with van der Waals surface area (Å²) < 4.78 is 21.2. The molecule has 1 aromatic carbocycles. The molecule has 1 aliphatic rings. The predicted octanol–water partition coefficient (Wildman–Crippen LogP) is 0.00180. The van der Waals surface area contributed by atoms with E-state index in [1.807, 2.05) is 12.1 Å². The molecule has 2 N–H and O–H groups in total. The molecule has 5 rings (SSSR count). The normalized spacial score (nSPS) is 25.0. The summed E-state index contributed by atoms with van der Waals surface area (Å²) in [6.45, 7) is -0.507. The highest BCUT2D eigenvalue weighted by Crippen LogP contribution is 2.34. The first-order chi connectivity index (χ1) is 13.7. The maximum atomic E-state index is 14.5. The van der Waals surface area contributed by atoms with Gasteiger partial charge in [0.15, 0.2) is 23.6 Å². The Morgan fingerprint density at radius 1 is 1.21 bits per heavy atom. The van der Waals surface area contributed by atoms with Gasteiger partial charge in [0.05, 0.1) is 12.9 Å². The molecule has 0 saturated carbocycles. The second kappa shape index (κ2) is 6.44. The zero-order valence-electron chi connectivity index (χ0n) is 14.2. The highest BCUT2D eigenvalue weighted by molar-refractivity contribution is 5.77. The van der Waals surface area contributed by atoms with Gasteiger partial charge in [-0.15, -0.1) is 5.10 Å². The van der Waals surface area contributed by atoms with Gasteiger partial charge in [0.1, 0.15) is 29.6 Å². The minimum absolute atomic E-state index is 0.0899. The molecule has 11 nitrogen and oxygen atoms in total. The molecule has 1 fully saturated rings. The number of benzene rings is 1. The first-order valence-electron chi connectivity index (χ1n) is 8.42. The third-order valence-corrected chi connectivity index (χ3v) is 4.57. The molecule has 0 aliphatic carbocycles. The monoisotopic (exact) mass is 387 g/mol. The third kappa shape index (κ3) is 2.50. The van der Waals surface area contributed by atoms with Crippen LogP contribution in [0.4, 0.5) is 4.39 Å². The molecule has 28 heavy (non-hydrogen) atoms. The van der Waals surface area contributed by atoms with Crippen molar-refractivity contribution in [2.75, 3.05) is 6.61 Å². The van der Waals surface area contributed by atoms with Gasteiger partial charge in [0.2, 0.25) is 0 Å². The third-order valence-electron chi connectivity index (χ3n) is 4.57. The first-order valence-corrected chi connectivity index (χ1v) is 8.42. The van der Waals surface area contributed by atoms with Gasteiger partial charge in [-0.2, -0.15) is 4.98 Å². The summed E-state index contributed by atoms with van der Waals surface area (Å²) in [5.41, 5.74) is 1.76. The SMILES string of the molecule is OC[C@H]1O[C@@H](n2cnc3c(On4nnc5ccccc54)ncnc32)[C@H](F)[C@@H]1O. The standard InChI is InChI=1S/C16H14FN7O4/c17-11-13(26)10(5-25)27-16(11)23-7-20-12-14(23)18-6-19-15(12)28-24-9-4-2-1-3-8(9)21-22-24/h1-4,6-7,10-11,13,16,25-26H,5H2/t10-,11-,13-,16-/m1/s1. The van der Waals surface area contributed by atoms with Gasteiger partial charge in [-0.05, 0) is 17.3 Å². The number of para-hydroxylation sites is 1. The van der Waals surface area contributed by atoms with Crippen molar-refractivity contribution in [3.05, 3.63) is 36.9 Å². The van der Waals surface area contributed by atoms with Crippen molar-refractivity contribution in [2.45, 2.75) is 24.6 Å². The summed E-state index contributed by atoms with van der Waals surface area (Å²) >= 11 is 0. The molecule has 144 valence electrons. The van der Waals surface area contributed by atoms with Crippen LogP contribution < -0.4 is 4.84 Å². The van der Waals surface area contributed by atoms with Gasteiger partial charge in [-0.1, -0.05) is 17.0 Å². The van der Waals surface area contributed by atoms with Crippen molar-refractivity contribution in [3.8, 4) is 5.88 Å². The Morgan fingerprint density at radius 3 is 2.89 bits per heavy atom. The van der Waals surface area contributed by atoms with Crippen molar-refractivity contribution in [1.29, 1.82) is 0 Å². The Hall–Kier alpha value is -3.22. The maximum Gasteiger partial charge on any atom is 0.280 e. The molecule has 1 saturated heterocycles. The van der Waals surface area contributed by atoms with Crippen LogP contribution in [0.15, 0.2) is 36.9 Å². The van der Waals surface area contributed by atoms with E-state index in [0.29, 0.717) is 11.0 Å². The number of nitrogens with zero attached hydrogens (tertiary/aromatic N) is 7. The largest absolute Gasteiger partial charge is 0.394 e. The second-order valence-corrected chi connectivity index (χ2v) is 6.23. The number of rotatable bonds is 4. The molecule has 12 heteroatoms. The van der Waals surface area contributed by atoms with Crippen molar-refractivity contribution in [3.63, 3.8) is 0 Å². The van der Waals surface area contributed by atoms with Crippen LogP contribution in [0.25, 0.3) is 22.2 Å². The van der Waals surface area contributed by atoms with Crippen molar-refractivity contribution in [2.24, 2.45) is 0 Å². The number of fused-ring (bicyclic) bond motifs is 2. The van der Waals surface area contributed by atoms with Gasteiger partial charge in [-0.25, -0.2) is 14.4 Å². The molecule has 0 spiro atoms. The lowest BCUT2D eigenvalue weighted by Crippen LogP contribution is -2.30. The molecular formula is C16H14FN7O4. The lowest BCUT2D eigenvalue weighted by Gasteiger charge is -2.14. The van der Waals surface area contributed by atoms with Gasteiger partial charge >= 0.3 is 0 Å². The Morgan fingerprint density at radius 2 is 2.07 bits per heavy atom. The Bertz CT molecular complexity index is 1150. The number of ether oxygens (including phenoxy) is 1. The number of aliphatic hydroxyl groups is 2. The highest BCUT2D eigenvalue weighted by Gasteiger charge is 2.45. The van der Waals surface area contributed by atoms with E-state index in [1.165, 1.54) is 22.1 Å². The topological polar surface area (TPSA) is 133 Å². The number of hydrogen-bond donors (Lipinski definition) is 2. The van der Waals surface area contributed by atoms with Gasteiger partial charge < -0.3 is 19.8 Å². The van der Waals surface area contributed by atoms with Gasteiger partial charge in [0.25, 0.3) is 5.88 Å². The number of aliphatic hydroxyl groups excluding tert-OH is 2. The number of aromatic nitrogens is 7. The zero-order chi connectivity index (χ0) is 19.3. The summed E-state index contributed by atoms with van der Waals surface area (Å²) in [4.78, 5) is 19.3. The minimum atomic E-state index is -1.76. The van der Waals surface area contributed by atoms with Crippen LogP contribution >= 0.6 is 0 Å². The summed E-state index contributed by atoms with van der Waals surface area (Å²) in [5.74, 6) is 0.0899. The summed E-state index contributed by atoms with van der Waals surface area (Å²) in [5, 5.41) is 27.0. The number of halogens is 1. The van der Waals surface area contributed by atoms with E-state index in [-0.39, 0.29) is 17.0 Å². The second-order valence-electron chi connectivity index (χ2n) is 6.23. The molecule has 0 amide bonds. The molecule has 4 heterocycles. The molecule has 3 aromatic heterocycles. The number of alkyl halides is 1. The van der Waals surface area contributed by atoms with Gasteiger partial charge in [-0.3, -0.25) is 4.57 Å². The van der Waals surface area contributed by atoms with Crippen LogP contribution in [0.1, 0.15) is 6.23 Å². The minimum Gasteiger partial charge on any atom is -0.394 e. The molecule has 0 unspecified atom stereocenters. The number of hydrogen-bond acceptors (Lipinski definition) is 9. The fourth-order valence-electron chi connectivity index (χ4n) is 3.16. The molecule has 4 atom stereocenters. The average Bonchev–Trinajstić information content (AvgIpc) is 3.40. The molecular weight excluding hydrogens is 373 g/mol. The van der Waals surface area contributed by atoms with Crippen LogP contribution in [0.5, 0.6) is 5.88 Å². The first kappa shape index (κ1) is 16.9. The van der Waals surface area contributed by atoms with Crippen molar-refractivity contribution >= 4 is 22.2 Å². The lowest BCUT2D eigenvalue weighted by atomic mass is 10.1. The van der Waals surface area contributed by atoms with Gasteiger partial charge in [0, 0.05) is 0 Å². The fourth-order valence-corrected chi connectivity index (χ4v) is 3.16. The van der Waals surface area contributed by atoms with E-state index < -0.39 is 31.2 Å². The highest BCUT2D eigenvalue weighted by atomic mass is 19.1. The lowest BCUT2D eigenvalue weighted by molar-refractivity contribution is -0.0459. The van der Waals surface area contributed by atoms with Crippen LogP contribution in [0.3, 0.4) is 0 Å². The fraction of sp³-hybridized carbons (Fsp3) is 0.312. The zero-order valence-corrected chi connectivity index (χ0v) is 14.2. The Balaban J connectivity index is 1.53. The van der Waals surface area contributed by atoms with Crippen molar-refractivity contribution < 1.29 is 24.2 Å². The molecule has 0 bridgehead atoms. The Kier molecular flexibility index (Phi) is 3.89. The summed E-state index contributed by atoms with van der Waals surface area (Å²) in [6.07, 6.45) is -2.88. The summed E-state index contributed by atoms with van der Waals surface area (Å²) in [6, 6.07) is 7.21. The molecule has 4 aromatic rings. The van der Waals surface area contributed by atoms with Crippen molar-refractivity contribution in [1.82, 2.24) is 34.7 Å². The smallest absolute Gasteiger partial charge is 0.280 e. The average molecular weight is 387 g/mol. The molecule has 0 radical (unpaired) electrons. The van der Waals surface area contributed by atoms with E-state index >= 15 is 0 Å². The molecule has 1 aliphatic heterocycles. The van der Waals surface area contributed by atoms with Crippen LogP contribution in [-0.2, 0) is 4.74 Å². The maximum absolute atomic E-state index is 14.5. The van der Waals surface area contributed by atoms with Crippen LogP contribution in [-0.4, -0.2) is 69.9 Å². The predicted molar refractivity (Wildman–Crippen MR) is 90.8 cm³/mol. The van der Waals surface area contributed by atoms with Crippen LogP contribution in [0.2, 0.25) is 0 Å². The quantitative estimate of drug-likeness (QED) is 0.496. The van der Waals surface area contributed by atoms with E-state index in [4.69, 9.17) is 9.57 Å². The van der Waals surface area contributed by atoms with E-state index in [9.17, 15) is 14.6 Å².